The van der Waals surface area contributed by atoms with Crippen molar-refractivity contribution >= 4 is 23.2 Å². The first kappa shape index (κ1) is 23.9. The van der Waals surface area contributed by atoms with Crippen LogP contribution in [0, 0.1) is 5.92 Å². The van der Waals surface area contributed by atoms with Gasteiger partial charge in [-0.3, -0.25) is 9.59 Å². The van der Waals surface area contributed by atoms with Crippen molar-refractivity contribution in [1.82, 2.24) is 0 Å². The van der Waals surface area contributed by atoms with Gasteiger partial charge in [-0.15, -0.1) is 0 Å². The van der Waals surface area contributed by atoms with E-state index in [0.29, 0.717) is 22.9 Å². The molecule has 33 heavy (non-hydrogen) atoms. The molecule has 2 aromatic rings. The zero-order valence-corrected chi connectivity index (χ0v) is 18.5. The minimum absolute atomic E-state index is 0.0287. The SMILES string of the molecule is COc1ccc(NC(=O)C2CC(=O)N(c3cc(OC)c(OC)c(OC)c3)C2)cc1OC(F)F. The maximum atomic E-state index is 12.8. The summed E-state index contributed by atoms with van der Waals surface area (Å²) in [6, 6.07) is 7.36. The van der Waals surface area contributed by atoms with E-state index in [0.717, 1.165) is 0 Å². The fraction of sp³-hybridized carbons (Fsp3) is 0.364. The van der Waals surface area contributed by atoms with Crippen LogP contribution in [0.4, 0.5) is 20.2 Å². The first-order chi connectivity index (χ1) is 15.8. The molecule has 1 atom stereocenters. The molecule has 0 spiro atoms. The molecule has 1 aliphatic rings. The van der Waals surface area contributed by atoms with Crippen molar-refractivity contribution in [3.05, 3.63) is 30.3 Å². The summed E-state index contributed by atoms with van der Waals surface area (Å²) in [6.45, 7) is -2.94. The monoisotopic (exact) mass is 466 g/mol. The number of ether oxygens (including phenoxy) is 5. The summed E-state index contributed by atoms with van der Waals surface area (Å²) in [5, 5.41) is 2.64. The van der Waals surface area contributed by atoms with E-state index in [9.17, 15) is 18.4 Å². The Morgan fingerprint density at radius 3 is 2.15 bits per heavy atom. The van der Waals surface area contributed by atoms with Gasteiger partial charge in [-0.05, 0) is 12.1 Å². The molecule has 178 valence electrons. The predicted octanol–water partition coefficient (Wildman–Crippen LogP) is 3.31. The highest BCUT2D eigenvalue weighted by Gasteiger charge is 2.36. The Morgan fingerprint density at radius 1 is 0.970 bits per heavy atom. The highest BCUT2D eigenvalue weighted by Crippen LogP contribution is 2.42. The molecule has 0 bridgehead atoms. The Balaban J connectivity index is 1.77. The summed E-state index contributed by atoms with van der Waals surface area (Å²) in [6.07, 6.45) is -0.0287. The first-order valence-electron chi connectivity index (χ1n) is 9.85. The average molecular weight is 466 g/mol. The second-order valence-corrected chi connectivity index (χ2v) is 7.02. The number of hydrogen-bond donors (Lipinski definition) is 1. The number of benzene rings is 2. The maximum absolute atomic E-state index is 12.8. The Kier molecular flexibility index (Phi) is 7.41. The molecule has 0 aliphatic carbocycles. The van der Waals surface area contributed by atoms with Gasteiger partial charge in [-0.2, -0.15) is 8.78 Å². The second kappa shape index (κ2) is 10.2. The van der Waals surface area contributed by atoms with Gasteiger partial charge in [0.2, 0.25) is 17.6 Å². The van der Waals surface area contributed by atoms with E-state index in [1.165, 1.54) is 51.5 Å². The minimum atomic E-state index is -3.05. The zero-order chi connectivity index (χ0) is 24.1. The van der Waals surface area contributed by atoms with Gasteiger partial charge in [0.15, 0.2) is 23.0 Å². The van der Waals surface area contributed by atoms with Gasteiger partial charge in [-0.25, -0.2) is 0 Å². The van der Waals surface area contributed by atoms with Crippen LogP contribution in [0.15, 0.2) is 30.3 Å². The third-order valence-electron chi connectivity index (χ3n) is 5.10. The fourth-order valence-electron chi connectivity index (χ4n) is 3.54. The first-order valence-corrected chi connectivity index (χ1v) is 9.85. The number of carbonyl (C=O) groups is 2. The molecule has 0 aromatic heterocycles. The average Bonchev–Trinajstić information content (AvgIpc) is 3.19. The number of carbonyl (C=O) groups excluding carboxylic acids is 2. The van der Waals surface area contributed by atoms with Gasteiger partial charge < -0.3 is 33.9 Å². The number of nitrogens with zero attached hydrogens (tertiary/aromatic N) is 1. The normalized spacial score (nSPS) is 15.4. The molecule has 2 aromatic carbocycles. The standard InChI is InChI=1S/C22H24F2N2O7/c1-29-15-6-5-13(8-16(15)33-22(23)24)25-21(28)12-7-19(27)26(11-12)14-9-17(30-2)20(32-4)18(10-14)31-3/h5-6,8-10,12,22H,7,11H2,1-4H3,(H,25,28). The number of nitrogens with one attached hydrogen (secondary N) is 1. The summed E-state index contributed by atoms with van der Waals surface area (Å²) in [5.41, 5.74) is 0.719. The van der Waals surface area contributed by atoms with Crippen LogP contribution in [0.3, 0.4) is 0 Å². The molecule has 1 fully saturated rings. The van der Waals surface area contributed by atoms with Crippen molar-refractivity contribution in [1.29, 1.82) is 0 Å². The fourth-order valence-corrected chi connectivity index (χ4v) is 3.54. The third kappa shape index (κ3) is 5.18. The number of hydrogen-bond acceptors (Lipinski definition) is 7. The number of amides is 2. The summed E-state index contributed by atoms with van der Waals surface area (Å²) < 4.78 is 50.7. The molecule has 1 aliphatic heterocycles. The van der Waals surface area contributed by atoms with Crippen LogP contribution in [0.25, 0.3) is 0 Å². The second-order valence-electron chi connectivity index (χ2n) is 7.02. The van der Waals surface area contributed by atoms with Gasteiger partial charge in [-0.1, -0.05) is 0 Å². The number of methoxy groups -OCH3 is 4. The van der Waals surface area contributed by atoms with Crippen LogP contribution in [-0.4, -0.2) is 53.4 Å². The van der Waals surface area contributed by atoms with Gasteiger partial charge in [0.05, 0.1) is 40.0 Å². The van der Waals surface area contributed by atoms with E-state index in [2.05, 4.69) is 10.1 Å². The van der Waals surface area contributed by atoms with E-state index in [4.69, 9.17) is 18.9 Å². The van der Waals surface area contributed by atoms with E-state index < -0.39 is 18.4 Å². The lowest BCUT2D eigenvalue weighted by atomic mass is 10.1. The van der Waals surface area contributed by atoms with Crippen LogP contribution in [0.2, 0.25) is 0 Å². The summed E-state index contributed by atoms with van der Waals surface area (Å²) in [5.74, 6) is -0.365. The van der Waals surface area contributed by atoms with Crippen molar-refractivity contribution in [2.24, 2.45) is 5.92 Å². The largest absolute Gasteiger partial charge is 0.493 e. The third-order valence-corrected chi connectivity index (χ3v) is 5.10. The number of anilines is 2. The van der Waals surface area contributed by atoms with Crippen LogP contribution >= 0.6 is 0 Å². The molecule has 1 unspecified atom stereocenters. The molecule has 0 radical (unpaired) electrons. The quantitative estimate of drug-likeness (QED) is 0.606. The Morgan fingerprint density at radius 2 is 1.61 bits per heavy atom. The highest BCUT2D eigenvalue weighted by atomic mass is 19.3. The predicted molar refractivity (Wildman–Crippen MR) is 115 cm³/mol. The lowest BCUT2D eigenvalue weighted by Crippen LogP contribution is -2.28. The molecule has 0 saturated carbocycles. The topological polar surface area (TPSA) is 95.6 Å². The molecular weight excluding hydrogens is 442 g/mol. The van der Waals surface area contributed by atoms with Crippen molar-refractivity contribution in [2.75, 3.05) is 45.2 Å². The van der Waals surface area contributed by atoms with Gasteiger partial charge >= 0.3 is 6.61 Å². The molecule has 3 rings (SSSR count). The summed E-state index contributed by atoms with van der Waals surface area (Å²) >= 11 is 0. The lowest BCUT2D eigenvalue weighted by Gasteiger charge is -2.20. The molecule has 1 saturated heterocycles. The molecule has 1 heterocycles. The summed E-state index contributed by atoms with van der Waals surface area (Å²) in [7, 11) is 5.71. The Labute approximate surface area is 189 Å². The molecule has 2 amide bonds. The van der Waals surface area contributed by atoms with Crippen LogP contribution in [0.5, 0.6) is 28.7 Å². The molecular formula is C22H24F2N2O7. The summed E-state index contributed by atoms with van der Waals surface area (Å²) in [4.78, 5) is 26.9. The van der Waals surface area contributed by atoms with Gasteiger partial charge in [0.25, 0.3) is 0 Å². The van der Waals surface area contributed by atoms with E-state index in [-0.39, 0.29) is 36.1 Å². The van der Waals surface area contributed by atoms with Crippen molar-refractivity contribution in [3.63, 3.8) is 0 Å². The van der Waals surface area contributed by atoms with E-state index in [1.54, 1.807) is 12.1 Å². The smallest absolute Gasteiger partial charge is 0.387 e. The van der Waals surface area contributed by atoms with Gasteiger partial charge in [0.1, 0.15) is 0 Å². The Hall–Kier alpha value is -3.76. The van der Waals surface area contributed by atoms with E-state index >= 15 is 0 Å². The minimum Gasteiger partial charge on any atom is -0.493 e. The van der Waals surface area contributed by atoms with Crippen molar-refractivity contribution in [3.8, 4) is 28.7 Å². The van der Waals surface area contributed by atoms with Crippen LogP contribution in [0.1, 0.15) is 6.42 Å². The number of alkyl halides is 2. The number of halogens is 2. The molecule has 1 N–H and O–H groups in total. The zero-order valence-electron chi connectivity index (χ0n) is 18.5. The van der Waals surface area contributed by atoms with Gasteiger partial charge in [0, 0.05) is 36.9 Å². The molecule has 11 heteroatoms. The molecule has 9 nitrogen and oxygen atoms in total. The maximum Gasteiger partial charge on any atom is 0.387 e. The van der Waals surface area contributed by atoms with Crippen LogP contribution in [-0.2, 0) is 9.59 Å². The lowest BCUT2D eigenvalue weighted by molar-refractivity contribution is -0.122. The van der Waals surface area contributed by atoms with E-state index in [1.807, 2.05) is 0 Å². The van der Waals surface area contributed by atoms with Crippen LogP contribution < -0.4 is 33.9 Å². The Bertz CT molecular complexity index is 1010. The number of rotatable bonds is 9. The highest BCUT2D eigenvalue weighted by molar-refractivity contribution is 6.03. The van der Waals surface area contributed by atoms with Crippen molar-refractivity contribution in [2.45, 2.75) is 13.0 Å². The van der Waals surface area contributed by atoms with Crippen molar-refractivity contribution < 1.29 is 42.1 Å².